The molecule has 0 bridgehead atoms. The molecule has 1 aliphatic rings. The van der Waals surface area contributed by atoms with Crippen molar-refractivity contribution in [2.45, 2.75) is 33.8 Å². The van der Waals surface area contributed by atoms with Gasteiger partial charge in [-0.1, -0.05) is 39.8 Å². The van der Waals surface area contributed by atoms with Crippen molar-refractivity contribution in [1.29, 1.82) is 0 Å². The number of aliphatic hydroxyl groups excluding tert-OH is 1. The molecule has 1 aromatic carbocycles. The van der Waals surface area contributed by atoms with Crippen LogP contribution in [-0.2, 0) is 4.79 Å². The van der Waals surface area contributed by atoms with Crippen molar-refractivity contribution in [3.05, 3.63) is 35.6 Å². The molecule has 4 heteroatoms. The highest BCUT2D eigenvalue weighted by molar-refractivity contribution is 5.84. The van der Waals surface area contributed by atoms with E-state index in [1.165, 1.54) is 24.3 Å². The summed E-state index contributed by atoms with van der Waals surface area (Å²) in [6.45, 7) is 8.45. The number of aliphatic hydroxyl groups is 1. The highest BCUT2D eigenvalue weighted by atomic mass is 19.1. The minimum absolute atomic E-state index is 0.0160. The second-order valence-corrected chi connectivity index (χ2v) is 6.69. The van der Waals surface area contributed by atoms with Gasteiger partial charge in [0.1, 0.15) is 5.82 Å². The van der Waals surface area contributed by atoms with Crippen molar-refractivity contribution in [2.75, 3.05) is 6.54 Å². The van der Waals surface area contributed by atoms with Crippen molar-refractivity contribution < 1.29 is 14.3 Å². The van der Waals surface area contributed by atoms with E-state index in [2.05, 4.69) is 33.0 Å². The molecule has 0 heterocycles. The number of carbonyl (C=O) groups excluding carboxylic acids is 1. The highest BCUT2D eigenvalue weighted by Gasteiger charge is 2.68. The predicted octanol–water partition coefficient (Wildman–Crippen LogP) is 2.66. The van der Waals surface area contributed by atoms with Crippen LogP contribution in [-0.4, -0.2) is 17.6 Å². The lowest BCUT2D eigenvalue weighted by molar-refractivity contribution is -0.123. The molecular formula is C16H22FNO2. The number of rotatable bonds is 4. The van der Waals surface area contributed by atoms with Crippen LogP contribution in [0.4, 0.5) is 4.39 Å². The topological polar surface area (TPSA) is 49.3 Å². The molecular weight excluding hydrogens is 257 g/mol. The smallest absolute Gasteiger partial charge is 0.224 e. The molecule has 0 spiro atoms. The molecule has 0 aliphatic heterocycles. The van der Waals surface area contributed by atoms with Crippen LogP contribution in [0, 0.1) is 22.6 Å². The minimum atomic E-state index is -0.815. The van der Waals surface area contributed by atoms with Crippen molar-refractivity contribution in [1.82, 2.24) is 5.32 Å². The Morgan fingerprint density at radius 3 is 2.20 bits per heavy atom. The lowest BCUT2D eigenvalue weighted by atomic mass is 10.0. The number of benzene rings is 1. The average Bonchev–Trinajstić information content (AvgIpc) is 2.77. The maximum atomic E-state index is 12.8. The standard InChI is InChI=1S/C16H22FNO2/c1-15(2)13(16(15,3)4)14(20)18-9-12(19)10-5-7-11(17)8-6-10/h5-8,12-13,19H,9H2,1-4H3,(H,18,20). The molecule has 3 nitrogen and oxygen atoms in total. The van der Waals surface area contributed by atoms with Crippen LogP contribution >= 0.6 is 0 Å². The number of hydrogen-bond donors (Lipinski definition) is 2. The zero-order valence-corrected chi connectivity index (χ0v) is 12.4. The van der Waals surface area contributed by atoms with Crippen molar-refractivity contribution >= 4 is 5.91 Å². The first kappa shape index (κ1) is 15.0. The first-order valence-electron chi connectivity index (χ1n) is 6.89. The molecule has 110 valence electrons. The fourth-order valence-electron chi connectivity index (χ4n) is 2.95. The van der Waals surface area contributed by atoms with Crippen LogP contribution in [0.1, 0.15) is 39.4 Å². The van der Waals surface area contributed by atoms with Gasteiger partial charge in [-0.05, 0) is 28.5 Å². The molecule has 0 saturated heterocycles. The van der Waals surface area contributed by atoms with Gasteiger partial charge in [-0.15, -0.1) is 0 Å². The Morgan fingerprint density at radius 1 is 1.25 bits per heavy atom. The molecule has 20 heavy (non-hydrogen) atoms. The Balaban J connectivity index is 1.90. The molecule has 1 saturated carbocycles. The maximum absolute atomic E-state index is 12.8. The Kier molecular flexibility index (Phi) is 3.63. The number of nitrogens with one attached hydrogen (secondary N) is 1. The summed E-state index contributed by atoms with van der Waals surface area (Å²) in [4.78, 5) is 12.1. The van der Waals surface area contributed by atoms with Gasteiger partial charge >= 0.3 is 0 Å². The van der Waals surface area contributed by atoms with E-state index in [-0.39, 0.29) is 35.0 Å². The Bertz CT molecular complexity index is 494. The van der Waals surface area contributed by atoms with Crippen LogP contribution in [0.15, 0.2) is 24.3 Å². The first-order chi connectivity index (χ1) is 9.18. The summed E-state index contributed by atoms with van der Waals surface area (Å²) in [6.07, 6.45) is -0.815. The third kappa shape index (κ3) is 2.44. The molecule has 0 radical (unpaired) electrons. The average molecular weight is 279 g/mol. The van der Waals surface area contributed by atoms with E-state index in [1.54, 1.807) is 0 Å². The lowest BCUT2D eigenvalue weighted by Gasteiger charge is -2.13. The zero-order valence-electron chi connectivity index (χ0n) is 12.4. The van der Waals surface area contributed by atoms with Crippen molar-refractivity contribution in [2.24, 2.45) is 16.7 Å². The second kappa shape index (κ2) is 4.85. The largest absolute Gasteiger partial charge is 0.387 e. The Morgan fingerprint density at radius 2 is 1.75 bits per heavy atom. The predicted molar refractivity (Wildman–Crippen MR) is 75.4 cm³/mol. The summed E-state index contributed by atoms with van der Waals surface area (Å²) >= 11 is 0. The fourth-order valence-corrected chi connectivity index (χ4v) is 2.95. The zero-order chi connectivity index (χ0) is 15.1. The molecule has 1 aromatic rings. The van der Waals surface area contributed by atoms with Crippen molar-refractivity contribution in [3.8, 4) is 0 Å². The van der Waals surface area contributed by atoms with E-state index >= 15 is 0 Å². The number of carbonyl (C=O) groups is 1. The van der Waals surface area contributed by atoms with Gasteiger partial charge in [0.2, 0.25) is 5.91 Å². The van der Waals surface area contributed by atoms with E-state index in [4.69, 9.17) is 0 Å². The molecule has 1 aliphatic carbocycles. The van der Waals surface area contributed by atoms with E-state index in [1.807, 2.05) is 0 Å². The van der Waals surface area contributed by atoms with Crippen molar-refractivity contribution in [3.63, 3.8) is 0 Å². The summed E-state index contributed by atoms with van der Waals surface area (Å²) in [5.74, 6) is -0.400. The van der Waals surface area contributed by atoms with Gasteiger partial charge in [-0.25, -0.2) is 4.39 Å². The van der Waals surface area contributed by atoms with Crippen LogP contribution < -0.4 is 5.32 Å². The number of hydrogen-bond acceptors (Lipinski definition) is 2. The molecule has 2 rings (SSSR count). The number of halogens is 1. The van der Waals surface area contributed by atoms with Gasteiger partial charge in [0.15, 0.2) is 0 Å². The minimum Gasteiger partial charge on any atom is -0.387 e. The fraction of sp³-hybridized carbons (Fsp3) is 0.562. The van der Waals surface area contributed by atoms with Crippen LogP contribution in [0.2, 0.25) is 0 Å². The van der Waals surface area contributed by atoms with Crippen LogP contribution in [0.3, 0.4) is 0 Å². The van der Waals surface area contributed by atoms with Gasteiger partial charge in [0.05, 0.1) is 6.10 Å². The Labute approximate surface area is 119 Å². The molecule has 1 unspecified atom stereocenters. The van der Waals surface area contributed by atoms with Crippen LogP contribution in [0.5, 0.6) is 0 Å². The summed E-state index contributed by atoms with van der Waals surface area (Å²) in [5.41, 5.74) is 0.566. The monoisotopic (exact) mass is 279 g/mol. The lowest BCUT2D eigenvalue weighted by Crippen LogP contribution is -2.31. The molecule has 1 fully saturated rings. The van der Waals surface area contributed by atoms with E-state index < -0.39 is 6.10 Å². The maximum Gasteiger partial charge on any atom is 0.224 e. The summed E-state index contributed by atoms with van der Waals surface area (Å²) < 4.78 is 12.8. The summed E-state index contributed by atoms with van der Waals surface area (Å²) in [5, 5.41) is 12.8. The normalized spacial score (nSPS) is 21.3. The molecule has 0 aromatic heterocycles. The van der Waals surface area contributed by atoms with E-state index in [0.717, 1.165) is 0 Å². The molecule has 1 atom stereocenters. The number of amides is 1. The SMILES string of the molecule is CC1(C)C(C(=O)NCC(O)c2ccc(F)cc2)C1(C)C. The van der Waals surface area contributed by atoms with Gasteiger partial charge < -0.3 is 10.4 Å². The van der Waals surface area contributed by atoms with E-state index in [9.17, 15) is 14.3 Å². The third-order valence-corrected chi connectivity index (χ3v) is 5.01. The van der Waals surface area contributed by atoms with Crippen LogP contribution in [0.25, 0.3) is 0 Å². The third-order valence-electron chi connectivity index (χ3n) is 5.01. The van der Waals surface area contributed by atoms with Gasteiger partial charge in [0, 0.05) is 12.5 Å². The van der Waals surface area contributed by atoms with Gasteiger partial charge in [0.25, 0.3) is 0 Å². The first-order valence-corrected chi connectivity index (χ1v) is 6.89. The van der Waals surface area contributed by atoms with E-state index in [0.29, 0.717) is 5.56 Å². The highest BCUT2D eigenvalue weighted by Crippen LogP contribution is 2.68. The summed E-state index contributed by atoms with van der Waals surface area (Å²) in [6, 6.07) is 5.65. The quantitative estimate of drug-likeness (QED) is 0.890. The second-order valence-electron chi connectivity index (χ2n) is 6.69. The molecule has 2 N–H and O–H groups in total. The molecule has 1 amide bonds. The van der Waals surface area contributed by atoms with Gasteiger partial charge in [-0.2, -0.15) is 0 Å². The Hall–Kier alpha value is -1.42. The van der Waals surface area contributed by atoms with Gasteiger partial charge in [-0.3, -0.25) is 4.79 Å². The summed E-state index contributed by atoms with van der Waals surface area (Å²) in [7, 11) is 0.